The average molecular weight is 194 g/mol. The first-order valence-corrected chi connectivity index (χ1v) is 4.90. The van der Waals surface area contributed by atoms with Gasteiger partial charge in [0.15, 0.2) is 0 Å². The Kier molecular flexibility index (Phi) is 2.23. The van der Waals surface area contributed by atoms with Crippen molar-refractivity contribution in [1.82, 2.24) is 14.8 Å². The van der Waals surface area contributed by atoms with E-state index in [0.717, 1.165) is 25.1 Å². The predicted octanol–water partition coefficient (Wildman–Crippen LogP) is 1.13. The number of nitrogens with zero attached hydrogens (tertiary/aromatic N) is 3. The van der Waals surface area contributed by atoms with Crippen molar-refractivity contribution in [3.63, 3.8) is 0 Å². The zero-order valence-corrected chi connectivity index (χ0v) is 8.45. The van der Waals surface area contributed by atoms with Crippen LogP contribution in [-0.4, -0.2) is 20.7 Å². The van der Waals surface area contributed by atoms with Gasteiger partial charge in [-0.3, -0.25) is 10.1 Å². The van der Waals surface area contributed by atoms with E-state index in [1.807, 2.05) is 4.68 Å². The number of hydrogen-bond acceptors (Lipinski definition) is 3. The smallest absolute Gasteiger partial charge is 0.248 e. The van der Waals surface area contributed by atoms with Crippen LogP contribution < -0.4 is 5.32 Å². The normalized spacial score (nSPS) is 20.3. The summed E-state index contributed by atoms with van der Waals surface area (Å²) in [6.45, 7) is 3.58. The highest BCUT2D eigenvalue weighted by Crippen LogP contribution is 2.23. The van der Waals surface area contributed by atoms with Crippen molar-refractivity contribution in [2.45, 2.75) is 39.2 Å². The van der Waals surface area contributed by atoms with Crippen LogP contribution in [0.15, 0.2) is 0 Å². The quantitative estimate of drug-likeness (QED) is 0.729. The van der Waals surface area contributed by atoms with Crippen LogP contribution in [0, 0.1) is 0 Å². The maximum atomic E-state index is 10.8. The summed E-state index contributed by atoms with van der Waals surface area (Å²) >= 11 is 0. The molecule has 14 heavy (non-hydrogen) atoms. The van der Waals surface area contributed by atoms with Crippen LogP contribution >= 0.6 is 0 Å². The zero-order chi connectivity index (χ0) is 10.1. The second-order valence-electron chi connectivity index (χ2n) is 3.72. The highest BCUT2D eigenvalue weighted by Gasteiger charge is 2.19. The molecule has 0 saturated heterocycles. The Balaban J connectivity index is 2.26. The molecule has 1 aliphatic heterocycles. The first kappa shape index (κ1) is 9.18. The van der Waals surface area contributed by atoms with Gasteiger partial charge in [0, 0.05) is 13.3 Å². The fraction of sp³-hybridized carbons (Fsp3) is 0.667. The predicted molar refractivity (Wildman–Crippen MR) is 52.0 cm³/mol. The van der Waals surface area contributed by atoms with Gasteiger partial charge in [-0.1, -0.05) is 0 Å². The number of amides is 1. The maximum absolute atomic E-state index is 10.8. The van der Waals surface area contributed by atoms with Crippen molar-refractivity contribution in [3.8, 4) is 0 Å². The van der Waals surface area contributed by atoms with Gasteiger partial charge in [0.1, 0.15) is 5.82 Å². The molecule has 0 aromatic carbocycles. The molecule has 0 saturated carbocycles. The largest absolute Gasteiger partial charge is 0.293 e. The summed E-state index contributed by atoms with van der Waals surface area (Å²) in [7, 11) is 0. The molecule has 0 fully saturated rings. The molecule has 1 aliphatic rings. The van der Waals surface area contributed by atoms with E-state index < -0.39 is 0 Å². The summed E-state index contributed by atoms with van der Waals surface area (Å²) in [5, 5.41) is 6.85. The Bertz CT molecular complexity index is 358. The number of aromatic nitrogens is 3. The van der Waals surface area contributed by atoms with Gasteiger partial charge in [-0.25, -0.2) is 4.68 Å². The second kappa shape index (κ2) is 3.40. The molecule has 1 N–H and O–H groups in total. The fourth-order valence-electron chi connectivity index (χ4n) is 1.77. The minimum atomic E-state index is -0.124. The molecule has 76 valence electrons. The molecule has 1 unspecified atom stereocenters. The lowest BCUT2D eigenvalue weighted by Gasteiger charge is -2.18. The van der Waals surface area contributed by atoms with Crippen LogP contribution in [0.5, 0.6) is 0 Å². The number of aryl methyl sites for hydroxylation is 1. The molecule has 1 atom stereocenters. The van der Waals surface area contributed by atoms with Gasteiger partial charge >= 0.3 is 0 Å². The first-order valence-electron chi connectivity index (χ1n) is 4.90. The number of rotatable bonds is 1. The summed E-state index contributed by atoms with van der Waals surface area (Å²) in [5.41, 5.74) is 0. The second-order valence-corrected chi connectivity index (χ2v) is 3.72. The Morgan fingerprint density at radius 2 is 2.43 bits per heavy atom. The number of fused-ring (bicyclic) bond motifs is 1. The van der Waals surface area contributed by atoms with E-state index in [1.54, 1.807) is 0 Å². The summed E-state index contributed by atoms with van der Waals surface area (Å²) in [6.07, 6.45) is 3.24. The van der Waals surface area contributed by atoms with E-state index in [9.17, 15) is 4.79 Å². The lowest BCUT2D eigenvalue weighted by Crippen LogP contribution is -2.16. The third-order valence-corrected chi connectivity index (χ3v) is 2.43. The zero-order valence-electron chi connectivity index (χ0n) is 8.45. The highest BCUT2D eigenvalue weighted by atomic mass is 16.1. The van der Waals surface area contributed by atoms with Crippen LogP contribution in [0.1, 0.15) is 38.6 Å². The van der Waals surface area contributed by atoms with E-state index in [-0.39, 0.29) is 5.91 Å². The summed E-state index contributed by atoms with van der Waals surface area (Å²) < 4.78 is 1.91. The first-order chi connectivity index (χ1) is 6.66. The summed E-state index contributed by atoms with van der Waals surface area (Å²) in [5.74, 6) is 1.29. The van der Waals surface area contributed by atoms with Gasteiger partial charge in [0.05, 0.1) is 6.04 Å². The molecule has 1 aromatic rings. The number of hydrogen-bond donors (Lipinski definition) is 1. The van der Waals surface area contributed by atoms with Crippen LogP contribution in [0.2, 0.25) is 0 Å². The molecule has 2 heterocycles. The Labute approximate surface area is 82.5 Å². The fourth-order valence-corrected chi connectivity index (χ4v) is 1.77. The number of carbonyl (C=O) groups excluding carboxylic acids is 1. The van der Waals surface area contributed by atoms with Gasteiger partial charge in [-0.2, -0.15) is 4.98 Å². The monoisotopic (exact) mass is 194 g/mol. The highest BCUT2D eigenvalue weighted by molar-refractivity contribution is 5.86. The molecule has 0 radical (unpaired) electrons. The molecule has 2 rings (SSSR count). The maximum Gasteiger partial charge on any atom is 0.248 e. The van der Waals surface area contributed by atoms with Crippen LogP contribution in [0.3, 0.4) is 0 Å². The minimum absolute atomic E-state index is 0.124. The average Bonchev–Trinajstić information content (AvgIpc) is 2.47. The van der Waals surface area contributed by atoms with Crippen LogP contribution in [0.25, 0.3) is 0 Å². The Hall–Kier alpha value is -1.39. The third kappa shape index (κ3) is 1.62. The Morgan fingerprint density at radius 1 is 1.64 bits per heavy atom. The molecule has 0 spiro atoms. The summed E-state index contributed by atoms with van der Waals surface area (Å²) in [6, 6.07) is 0.397. The lowest BCUT2D eigenvalue weighted by molar-refractivity contribution is -0.114. The molecule has 5 heteroatoms. The molecular formula is C9H14N4O. The topological polar surface area (TPSA) is 59.8 Å². The molecule has 0 aliphatic carbocycles. The molecule has 1 aromatic heterocycles. The third-order valence-electron chi connectivity index (χ3n) is 2.43. The van der Waals surface area contributed by atoms with E-state index in [2.05, 4.69) is 22.3 Å². The van der Waals surface area contributed by atoms with Gasteiger partial charge < -0.3 is 0 Å². The van der Waals surface area contributed by atoms with E-state index in [4.69, 9.17) is 0 Å². The summed E-state index contributed by atoms with van der Waals surface area (Å²) in [4.78, 5) is 15.1. The minimum Gasteiger partial charge on any atom is -0.293 e. The molecule has 0 bridgehead atoms. The Morgan fingerprint density at radius 3 is 3.07 bits per heavy atom. The SMILES string of the molecule is CC(=O)Nc1nc2n(n1)C(C)CCC2. The van der Waals surface area contributed by atoms with Crippen molar-refractivity contribution in [1.29, 1.82) is 0 Å². The van der Waals surface area contributed by atoms with Crippen molar-refractivity contribution in [2.24, 2.45) is 0 Å². The van der Waals surface area contributed by atoms with E-state index >= 15 is 0 Å². The number of nitrogens with one attached hydrogen (secondary N) is 1. The van der Waals surface area contributed by atoms with Crippen molar-refractivity contribution < 1.29 is 4.79 Å². The number of anilines is 1. The molecule has 1 amide bonds. The van der Waals surface area contributed by atoms with Crippen molar-refractivity contribution in [2.75, 3.05) is 5.32 Å². The van der Waals surface area contributed by atoms with E-state index in [0.29, 0.717) is 12.0 Å². The van der Waals surface area contributed by atoms with Gasteiger partial charge in [0.2, 0.25) is 11.9 Å². The van der Waals surface area contributed by atoms with Gasteiger partial charge in [-0.05, 0) is 19.8 Å². The van der Waals surface area contributed by atoms with Gasteiger partial charge in [-0.15, -0.1) is 5.10 Å². The van der Waals surface area contributed by atoms with E-state index in [1.165, 1.54) is 6.92 Å². The molecular weight excluding hydrogens is 180 g/mol. The van der Waals surface area contributed by atoms with Crippen molar-refractivity contribution >= 4 is 11.9 Å². The lowest BCUT2D eigenvalue weighted by atomic mass is 10.1. The van der Waals surface area contributed by atoms with Crippen molar-refractivity contribution in [3.05, 3.63) is 5.82 Å². The van der Waals surface area contributed by atoms with Gasteiger partial charge in [0.25, 0.3) is 0 Å². The standard InChI is InChI=1S/C9H14N4O/c1-6-4-3-5-8-11-9(10-7(2)14)12-13(6)8/h6H,3-5H2,1-2H3,(H,10,12,14). The number of carbonyl (C=O) groups is 1. The molecule has 5 nitrogen and oxygen atoms in total. The van der Waals surface area contributed by atoms with Crippen LogP contribution in [0.4, 0.5) is 5.95 Å². The van der Waals surface area contributed by atoms with Crippen LogP contribution in [-0.2, 0) is 11.2 Å².